The van der Waals surface area contributed by atoms with Crippen LogP contribution >= 0.6 is 0 Å². The Morgan fingerprint density at radius 3 is 2.40 bits per heavy atom. The van der Waals surface area contributed by atoms with Crippen LogP contribution in [0.5, 0.6) is 0 Å². The minimum Gasteiger partial charge on any atom is -0.481 e. The number of carboxylic acid groups (broad SMARTS) is 1. The number of aliphatic hydroxyl groups excluding tert-OH is 1. The van der Waals surface area contributed by atoms with Gasteiger partial charge >= 0.3 is 12.1 Å². The largest absolute Gasteiger partial charge is 0.481 e. The van der Waals surface area contributed by atoms with Crippen LogP contribution in [-0.4, -0.2) is 54.0 Å². The molecule has 2 aliphatic rings. The lowest BCUT2D eigenvalue weighted by atomic mass is 9.86. The van der Waals surface area contributed by atoms with Crippen LogP contribution in [0.15, 0.2) is 0 Å². The summed E-state index contributed by atoms with van der Waals surface area (Å²) in [4.78, 5) is 23.5. The lowest BCUT2D eigenvalue weighted by Crippen LogP contribution is -2.55. The van der Waals surface area contributed by atoms with Gasteiger partial charge in [0.1, 0.15) is 5.41 Å². The Morgan fingerprint density at radius 2 is 2.07 bits per heavy atom. The number of ether oxygens (including phenoxy) is 1. The fourth-order valence-electron chi connectivity index (χ4n) is 2.48. The predicted molar refractivity (Wildman–Crippen MR) is 48.2 cm³/mol. The van der Waals surface area contributed by atoms with Gasteiger partial charge in [0, 0.05) is 18.5 Å². The molecule has 1 aliphatic heterocycles. The number of rotatable bonds is 2. The standard InChI is InChI=1S/C9H13NO5/c1-15-7(14)10-3-8(4-10)2-9(8,5-11)6(12)13/h11H,2-5H2,1H3,(H,12,13). The molecule has 0 aromatic heterocycles. The summed E-state index contributed by atoms with van der Waals surface area (Å²) in [5, 5.41) is 18.1. The third kappa shape index (κ3) is 1.08. The van der Waals surface area contributed by atoms with Crippen LogP contribution in [0, 0.1) is 10.8 Å². The summed E-state index contributed by atoms with van der Waals surface area (Å²) in [7, 11) is 1.29. The van der Waals surface area contributed by atoms with Crippen molar-refractivity contribution in [3.05, 3.63) is 0 Å². The van der Waals surface area contributed by atoms with Gasteiger partial charge in [0.25, 0.3) is 0 Å². The Hall–Kier alpha value is -1.30. The summed E-state index contributed by atoms with van der Waals surface area (Å²) in [6.07, 6.45) is 0.00373. The summed E-state index contributed by atoms with van der Waals surface area (Å²) >= 11 is 0. The summed E-state index contributed by atoms with van der Waals surface area (Å²) < 4.78 is 4.51. The van der Waals surface area contributed by atoms with E-state index in [0.29, 0.717) is 19.5 Å². The molecular formula is C9H13NO5. The maximum atomic E-state index is 11.1. The Morgan fingerprint density at radius 1 is 1.47 bits per heavy atom. The van der Waals surface area contributed by atoms with Gasteiger partial charge < -0.3 is 19.8 Å². The quantitative estimate of drug-likeness (QED) is 0.649. The molecule has 6 nitrogen and oxygen atoms in total. The van der Waals surface area contributed by atoms with Gasteiger partial charge in [-0.25, -0.2) is 4.79 Å². The van der Waals surface area contributed by atoms with Gasteiger partial charge in [0.15, 0.2) is 0 Å². The second-order valence-electron chi connectivity index (χ2n) is 4.33. The number of carbonyl (C=O) groups excluding carboxylic acids is 1. The number of aliphatic hydroxyl groups is 1. The van der Waals surface area contributed by atoms with Gasteiger partial charge in [-0.15, -0.1) is 0 Å². The zero-order valence-electron chi connectivity index (χ0n) is 8.39. The molecule has 84 valence electrons. The summed E-state index contributed by atoms with van der Waals surface area (Å²) in [6.45, 7) is 0.371. The van der Waals surface area contributed by atoms with E-state index in [1.165, 1.54) is 12.0 Å². The molecule has 1 atom stereocenters. The highest BCUT2D eigenvalue weighted by Gasteiger charge is 2.77. The van der Waals surface area contributed by atoms with Crippen molar-refractivity contribution in [1.82, 2.24) is 4.90 Å². The first-order chi connectivity index (χ1) is 7.01. The van der Waals surface area contributed by atoms with Crippen molar-refractivity contribution in [2.75, 3.05) is 26.8 Å². The molecule has 15 heavy (non-hydrogen) atoms. The van der Waals surface area contributed by atoms with Gasteiger partial charge in [-0.05, 0) is 6.42 Å². The molecule has 1 amide bonds. The Kier molecular flexibility index (Phi) is 1.94. The molecule has 1 saturated heterocycles. The number of hydrogen-bond donors (Lipinski definition) is 2. The molecule has 1 unspecified atom stereocenters. The van der Waals surface area contributed by atoms with Crippen LogP contribution in [0.2, 0.25) is 0 Å². The predicted octanol–water partition coefficient (Wildman–Crippen LogP) is -0.478. The number of likely N-dealkylation sites (tertiary alicyclic amines) is 1. The number of aliphatic carboxylic acids is 1. The number of amides is 1. The Labute approximate surface area is 86.4 Å². The third-order valence-electron chi connectivity index (χ3n) is 3.63. The van der Waals surface area contributed by atoms with Crippen LogP contribution in [0.25, 0.3) is 0 Å². The first kappa shape index (κ1) is 10.2. The molecule has 2 rings (SSSR count). The molecule has 1 spiro atoms. The van der Waals surface area contributed by atoms with Crippen LogP contribution < -0.4 is 0 Å². The van der Waals surface area contributed by atoms with Crippen LogP contribution in [0.1, 0.15) is 6.42 Å². The average molecular weight is 215 g/mol. The van der Waals surface area contributed by atoms with Crippen molar-refractivity contribution in [3.8, 4) is 0 Å². The number of nitrogens with zero attached hydrogens (tertiary/aromatic N) is 1. The molecule has 0 aromatic carbocycles. The molecular weight excluding hydrogens is 202 g/mol. The molecule has 6 heteroatoms. The van der Waals surface area contributed by atoms with E-state index < -0.39 is 22.9 Å². The maximum absolute atomic E-state index is 11.1. The molecule has 1 aliphatic carbocycles. The van der Waals surface area contributed by atoms with Crippen molar-refractivity contribution in [2.45, 2.75) is 6.42 Å². The lowest BCUT2D eigenvalue weighted by Gasteiger charge is -2.41. The summed E-state index contributed by atoms with van der Waals surface area (Å²) in [5.74, 6) is -0.977. The monoisotopic (exact) mass is 215 g/mol. The van der Waals surface area contributed by atoms with Gasteiger partial charge in [0.05, 0.1) is 13.7 Å². The molecule has 0 aromatic rings. The molecule has 2 N–H and O–H groups in total. The van der Waals surface area contributed by atoms with E-state index >= 15 is 0 Å². The summed E-state index contributed by atoms with van der Waals surface area (Å²) in [5.41, 5.74) is -1.45. The minimum absolute atomic E-state index is 0.364. The van der Waals surface area contributed by atoms with Crippen molar-refractivity contribution >= 4 is 12.1 Å². The molecule has 2 fully saturated rings. The maximum Gasteiger partial charge on any atom is 0.409 e. The van der Waals surface area contributed by atoms with Gasteiger partial charge in [0.2, 0.25) is 0 Å². The second-order valence-corrected chi connectivity index (χ2v) is 4.33. The minimum atomic E-state index is -1.03. The first-order valence-corrected chi connectivity index (χ1v) is 4.68. The lowest BCUT2D eigenvalue weighted by molar-refractivity contribution is -0.148. The normalized spacial score (nSPS) is 30.9. The van der Waals surface area contributed by atoms with E-state index in [1.54, 1.807) is 0 Å². The number of methoxy groups -OCH3 is 1. The van der Waals surface area contributed by atoms with Gasteiger partial charge in [-0.3, -0.25) is 4.79 Å². The van der Waals surface area contributed by atoms with E-state index in [9.17, 15) is 9.59 Å². The second kappa shape index (κ2) is 2.85. The zero-order valence-corrected chi connectivity index (χ0v) is 8.39. The van der Waals surface area contributed by atoms with E-state index in [2.05, 4.69) is 4.74 Å². The highest BCUT2D eigenvalue weighted by atomic mass is 16.5. The molecule has 0 radical (unpaired) electrons. The Bertz CT molecular complexity index is 322. The molecule has 0 bridgehead atoms. The fraction of sp³-hybridized carbons (Fsp3) is 0.778. The highest BCUT2D eigenvalue weighted by Crippen LogP contribution is 2.68. The van der Waals surface area contributed by atoms with E-state index in [4.69, 9.17) is 10.2 Å². The zero-order chi connectivity index (χ0) is 11.3. The van der Waals surface area contributed by atoms with Crippen LogP contribution in [-0.2, 0) is 9.53 Å². The van der Waals surface area contributed by atoms with E-state index in [-0.39, 0.29) is 6.61 Å². The smallest absolute Gasteiger partial charge is 0.409 e. The van der Waals surface area contributed by atoms with E-state index in [0.717, 1.165) is 0 Å². The fourth-order valence-corrected chi connectivity index (χ4v) is 2.48. The number of carbonyl (C=O) groups is 2. The third-order valence-corrected chi connectivity index (χ3v) is 3.63. The first-order valence-electron chi connectivity index (χ1n) is 4.68. The van der Waals surface area contributed by atoms with E-state index in [1.807, 2.05) is 0 Å². The van der Waals surface area contributed by atoms with Gasteiger partial charge in [-0.2, -0.15) is 0 Å². The van der Waals surface area contributed by atoms with Gasteiger partial charge in [-0.1, -0.05) is 0 Å². The molecule has 1 saturated carbocycles. The van der Waals surface area contributed by atoms with Crippen molar-refractivity contribution in [3.63, 3.8) is 0 Å². The van der Waals surface area contributed by atoms with Crippen molar-refractivity contribution in [1.29, 1.82) is 0 Å². The molecule has 1 heterocycles. The number of carboxylic acids is 1. The topological polar surface area (TPSA) is 87.1 Å². The summed E-state index contributed by atoms with van der Waals surface area (Å²) in [6, 6.07) is 0. The number of hydrogen-bond acceptors (Lipinski definition) is 4. The van der Waals surface area contributed by atoms with Crippen molar-refractivity contribution < 1.29 is 24.5 Å². The Balaban J connectivity index is 2.00. The highest BCUT2D eigenvalue weighted by molar-refractivity contribution is 5.82. The van der Waals surface area contributed by atoms with Crippen LogP contribution in [0.4, 0.5) is 4.79 Å². The SMILES string of the molecule is COC(=O)N1CC2(C1)CC2(CO)C(=O)O. The van der Waals surface area contributed by atoms with Crippen molar-refractivity contribution in [2.24, 2.45) is 10.8 Å². The van der Waals surface area contributed by atoms with Crippen LogP contribution in [0.3, 0.4) is 0 Å². The average Bonchev–Trinajstić information content (AvgIpc) is 2.85.